The van der Waals surface area contributed by atoms with Gasteiger partial charge >= 0.3 is 6.18 Å². The molecule has 1 atom stereocenters. The molecule has 13 heavy (non-hydrogen) atoms. The van der Waals surface area contributed by atoms with Crippen LogP contribution in [0.1, 0.15) is 19.8 Å². The lowest BCUT2D eigenvalue weighted by Gasteiger charge is -2.14. The Morgan fingerprint density at radius 3 is 2.08 bits per heavy atom. The highest BCUT2D eigenvalue weighted by Gasteiger charge is 2.32. The molecule has 0 aliphatic rings. The second-order valence-electron chi connectivity index (χ2n) is 2.80. The highest BCUT2D eigenvalue weighted by molar-refractivity contribution is 8.13. The van der Waals surface area contributed by atoms with E-state index in [0.29, 0.717) is 0 Å². The highest BCUT2D eigenvalue weighted by Crippen LogP contribution is 2.27. The molecule has 0 heterocycles. The lowest BCUT2D eigenvalue weighted by molar-refractivity contribution is -0.143. The molecule has 0 aromatic rings. The summed E-state index contributed by atoms with van der Waals surface area (Å²) in [5.41, 5.74) is 0. The Bertz CT molecular complexity index is 247. The van der Waals surface area contributed by atoms with Gasteiger partial charge in [-0.1, -0.05) is 13.3 Å². The molecule has 1 unspecified atom stereocenters. The van der Waals surface area contributed by atoms with Crippen LogP contribution in [0, 0.1) is 5.92 Å². The smallest absolute Gasteiger partial charge is 0.212 e. The van der Waals surface area contributed by atoms with Crippen molar-refractivity contribution in [1.29, 1.82) is 0 Å². The van der Waals surface area contributed by atoms with Crippen LogP contribution >= 0.6 is 10.7 Å². The predicted molar refractivity (Wildman–Crippen MR) is 44.1 cm³/mol. The third-order valence-corrected chi connectivity index (χ3v) is 2.78. The first-order valence-electron chi connectivity index (χ1n) is 3.63. The Morgan fingerprint density at radius 2 is 1.85 bits per heavy atom. The number of rotatable bonds is 4. The largest absolute Gasteiger partial charge is 0.389 e. The Balaban J connectivity index is 4.22. The zero-order valence-corrected chi connectivity index (χ0v) is 8.51. The first kappa shape index (κ1) is 13.0. The van der Waals surface area contributed by atoms with Crippen molar-refractivity contribution in [3.8, 4) is 0 Å². The van der Waals surface area contributed by atoms with Gasteiger partial charge in [0, 0.05) is 17.1 Å². The summed E-state index contributed by atoms with van der Waals surface area (Å²) in [6, 6.07) is 0. The van der Waals surface area contributed by atoms with Gasteiger partial charge in [0.15, 0.2) is 0 Å². The van der Waals surface area contributed by atoms with Crippen LogP contribution in [-0.4, -0.2) is 20.3 Å². The first-order chi connectivity index (χ1) is 5.64. The molecule has 0 saturated carbocycles. The summed E-state index contributed by atoms with van der Waals surface area (Å²) in [6.07, 6.45) is -5.29. The van der Waals surface area contributed by atoms with Gasteiger partial charge in [-0.2, -0.15) is 13.2 Å². The van der Waals surface area contributed by atoms with Crippen molar-refractivity contribution in [2.75, 3.05) is 5.75 Å². The van der Waals surface area contributed by atoms with Crippen molar-refractivity contribution in [3.05, 3.63) is 0 Å². The molecule has 0 rings (SSSR count). The molecule has 2 nitrogen and oxygen atoms in total. The molecule has 7 heteroatoms. The van der Waals surface area contributed by atoms with Crippen molar-refractivity contribution in [1.82, 2.24) is 0 Å². The van der Waals surface area contributed by atoms with Crippen molar-refractivity contribution in [2.45, 2.75) is 25.9 Å². The molecular weight excluding hydrogens is 229 g/mol. The Hall–Kier alpha value is 0.0300. The second kappa shape index (κ2) is 4.50. The summed E-state index contributed by atoms with van der Waals surface area (Å²) in [5.74, 6) is -1.56. The molecule has 0 spiro atoms. The third-order valence-electron chi connectivity index (χ3n) is 1.53. The molecule has 0 aromatic carbocycles. The summed E-state index contributed by atoms with van der Waals surface area (Å²) in [4.78, 5) is 0. The summed E-state index contributed by atoms with van der Waals surface area (Å²) in [7, 11) is 1.00. The lowest BCUT2D eigenvalue weighted by atomic mass is 10.1. The topological polar surface area (TPSA) is 34.1 Å². The van der Waals surface area contributed by atoms with Gasteiger partial charge in [0.2, 0.25) is 9.05 Å². The number of hydrogen-bond donors (Lipinski definition) is 0. The number of halogens is 4. The van der Waals surface area contributed by atoms with E-state index in [1.165, 1.54) is 6.92 Å². The normalized spacial score (nSPS) is 15.8. The van der Waals surface area contributed by atoms with Gasteiger partial charge in [-0.05, 0) is 5.92 Å². The van der Waals surface area contributed by atoms with Crippen LogP contribution in [0.15, 0.2) is 0 Å². The molecule has 0 aliphatic carbocycles. The Labute approximate surface area is 79.5 Å². The van der Waals surface area contributed by atoms with E-state index < -0.39 is 33.3 Å². The van der Waals surface area contributed by atoms with E-state index in [9.17, 15) is 21.6 Å². The van der Waals surface area contributed by atoms with Crippen LogP contribution in [0.5, 0.6) is 0 Å². The van der Waals surface area contributed by atoms with Crippen molar-refractivity contribution in [3.63, 3.8) is 0 Å². The van der Waals surface area contributed by atoms with Crippen LogP contribution in [0.4, 0.5) is 13.2 Å². The van der Waals surface area contributed by atoms with Crippen molar-refractivity contribution < 1.29 is 21.6 Å². The minimum absolute atomic E-state index is 0.144. The molecule has 0 N–H and O–H groups in total. The summed E-state index contributed by atoms with van der Waals surface area (Å²) >= 11 is 0. The van der Waals surface area contributed by atoms with E-state index in [0.717, 1.165) is 0 Å². The van der Waals surface area contributed by atoms with E-state index >= 15 is 0 Å². The second-order valence-corrected chi connectivity index (χ2v) is 5.62. The van der Waals surface area contributed by atoms with Crippen molar-refractivity contribution in [2.24, 2.45) is 5.92 Å². The summed E-state index contributed by atoms with van der Waals surface area (Å²) in [6.45, 7) is 1.50. The molecule has 0 amide bonds. The van der Waals surface area contributed by atoms with Crippen LogP contribution in [-0.2, 0) is 9.05 Å². The van der Waals surface area contributed by atoms with E-state index in [-0.39, 0.29) is 6.42 Å². The monoisotopic (exact) mass is 238 g/mol. The Morgan fingerprint density at radius 1 is 1.38 bits per heavy atom. The predicted octanol–water partition coefficient (Wildman–Crippen LogP) is 2.53. The minimum Gasteiger partial charge on any atom is -0.212 e. The minimum atomic E-state index is -4.33. The standard InChI is InChI=1S/C6H10ClF3O2S/c1-2-5(3-6(8,9)10)4-13(7,11)12/h5H,2-4H2,1H3. The van der Waals surface area contributed by atoms with Gasteiger partial charge in [0.05, 0.1) is 5.75 Å². The summed E-state index contributed by atoms with van der Waals surface area (Å²) in [5, 5.41) is 0. The van der Waals surface area contributed by atoms with E-state index in [4.69, 9.17) is 10.7 Å². The lowest BCUT2D eigenvalue weighted by Crippen LogP contribution is -2.20. The Kier molecular flexibility index (Phi) is 4.51. The van der Waals surface area contributed by atoms with Gasteiger partial charge < -0.3 is 0 Å². The maximum absolute atomic E-state index is 11.8. The van der Waals surface area contributed by atoms with Gasteiger partial charge in [-0.15, -0.1) is 0 Å². The zero-order valence-electron chi connectivity index (χ0n) is 6.94. The van der Waals surface area contributed by atoms with E-state index in [2.05, 4.69) is 0 Å². The van der Waals surface area contributed by atoms with Gasteiger partial charge in [-0.25, -0.2) is 8.42 Å². The van der Waals surface area contributed by atoms with Gasteiger partial charge in [0.1, 0.15) is 0 Å². The van der Waals surface area contributed by atoms with E-state index in [1.54, 1.807) is 0 Å². The summed E-state index contributed by atoms with van der Waals surface area (Å²) < 4.78 is 56.5. The maximum atomic E-state index is 11.8. The van der Waals surface area contributed by atoms with E-state index in [1.807, 2.05) is 0 Å². The third kappa shape index (κ3) is 8.36. The quantitative estimate of drug-likeness (QED) is 0.706. The SMILES string of the molecule is CCC(CC(F)(F)F)CS(=O)(=O)Cl. The van der Waals surface area contributed by atoms with Crippen LogP contribution in [0.25, 0.3) is 0 Å². The fraction of sp³-hybridized carbons (Fsp3) is 1.00. The molecule has 0 radical (unpaired) electrons. The molecule has 0 bridgehead atoms. The average Bonchev–Trinajstić information content (AvgIpc) is 1.79. The van der Waals surface area contributed by atoms with Crippen molar-refractivity contribution >= 4 is 19.7 Å². The maximum Gasteiger partial charge on any atom is 0.389 e. The molecule has 0 saturated heterocycles. The van der Waals surface area contributed by atoms with Crippen LogP contribution < -0.4 is 0 Å². The molecule has 0 aromatic heterocycles. The molecule has 0 aliphatic heterocycles. The van der Waals surface area contributed by atoms with Crippen LogP contribution in [0.3, 0.4) is 0 Å². The molecule has 0 fully saturated rings. The van der Waals surface area contributed by atoms with Gasteiger partial charge in [0.25, 0.3) is 0 Å². The fourth-order valence-electron chi connectivity index (χ4n) is 0.930. The zero-order chi connectivity index (χ0) is 10.7. The first-order valence-corrected chi connectivity index (χ1v) is 6.11. The number of alkyl halides is 3. The van der Waals surface area contributed by atoms with Gasteiger partial charge in [-0.3, -0.25) is 0 Å². The fourth-order valence-corrected chi connectivity index (χ4v) is 2.38. The molecule has 80 valence electrons. The molecular formula is C6H10ClF3O2S. The van der Waals surface area contributed by atoms with Crippen LogP contribution in [0.2, 0.25) is 0 Å². The highest BCUT2D eigenvalue weighted by atomic mass is 35.7. The average molecular weight is 239 g/mol. The number of hydrogen-bond acceptors (Lipinski definition) is 2.